The van der Waals surface area contributed by atoms with Crippen molar-refractivity contribution in [3.8, 4) is 22.9 Å². The molecule has 2 aromatic heterocycles. The number of aromatic nitrogens is 3. The minimum absolute atomic E-state index is 0.166. The average Bonchev–Trinajstić information content (AvgIpc) is 3.48. The number of nitrogens with one attached hydrogen (secondary N) is 1. The van der Waals surface area contributed by atoms with Gasteiger partial charge < -0.3 is 18.8 Å². The predicted octanol–water partition coefficient (Wildman–Crippen LogP) is 5.44. The number of nitrogens with zero attached hydrogens (tertiary/aromatic N) is 3. The molecule has 8 nitrogen and oxygen atoms in total. The van der Waals surface area contributed by atoms with E-state index in [1.165, 1.54) is 0 Å². The summed E-state index contributed by atoms with van der Waals surface area (Å²) in [5.74, 6) is 1.41. The second kappa shape index (κ2) is 9.44. The molecular weight excluding hydrogens is 452 g/mol. The summed E-state index contributed by atoms with van der Waals surface area (Å²) in [7, 11) is 3.19. The van der Waals surface area contributed by atoms with Crippen molar-refractivity contribution in [3.63, 3.8) is 0 Å². The topological polar surface area (TPSA) is 87.5 Å². The third-order valence-electron chi connectivity index (χ3n) is 5.94. The minimum atomic E-state index is -0.254. The number of methoxy groups -OCH3 is 2. The average molecular weight is 479 g/mol. The third kappa shape index (κ3) is 4.12. The fraction of sp³-hybridized carbons (Fsp3) is 0.320. The summed E-state index contributed by atoms with van der Waals surface area (Å²) in [4.78, 5) is 17.9. The van der Waals surface area contributed by atoms with Gasteiger partial charge >= 0.3 is 0 Å². The van der Waals surface area contributed by atoms with E-state index in [0.717, 1.165) is 47.3 Å². The van der Waals surface area contributed by atoms with Gasteiger partial charge in [0.05, 0.1) is 19.7 Å². The standard InChI is InChI=1S/C25H26N4O4S/c1-15-12-19(31-2)22(20(13-15)32-3)23-26-25(34-28-23)27-24(30)18-14-16-8-4-5-9-17(16)29(18)21-10-6-7-11-33-21/h4-5,8-9,12-14,21H,6-7,10-11H2,1-3H3,(H,26,27,28,30). The number of carbonyl (C=O) groups is 1. The van der Waals surface area contributed by atoms with Crippen molar-refractivity contribution in [1.82, 2.24) is 13.9 Å². The highest BCUT2D eigenvalue weighted by molar-refractivity contribution is 7.10. The molecule has 1 aliphatic rings. The van der Waals surface area contributed by atoms with Gasteiger partial charge in [-0.1, -0.05) is 18.2 Å². The van der Waals surface area contributed by atoms with E-state index in [2.05, 4.69) is 14.7 Å². The van der Waals surface area contributed by atoms with E-state index in [9.17, 15) is 4.79 Å². The largest absolute Gasteiger partial charge is 0.496 e. The molecule has 34 heavy (non-hydrogen) atoms. The number of amides is 1. The van der Waals surface area contributed by atoms with Crippen molar-refractivity contribution >= 4 is 33.5 Å². The molecule has 0 bridgehead atoms. The van der Waals surface area contributed by atoms with E-state index in [1.54, 1.807) is 14.2 Å². The molecule has 1 fully saturated rings. The molecule has 4 aromatic rings. The highest BCUT2D eigenvalue weighted by atomic mass is 32.1. The maximum atomic E-state index is 13.4. The summed E-state index contributed by atoms with van der Waals surface area (Å²) >= 11 is 1.11. The number of carbonyl (C=O) groups excluding carboxylic acids is 1. The molecule has 1 saturated heterocycles. The van der Waals surface area contributed by atoms with Gasteiger partial charge in [0.1, 0.15) is 29.0 Å². The number of fused-ring (bicyclic) bond motifs is 1. The zero-order valence-electron chi connectivity index (χ0n) is 19.3. The molecule has 1 unspecified atom stereocenters. The number of hydrogen-bond acceptors (Lipinski definition) is 7. The van der Waals surface area contributed by atoms with Gasteiger partial charge in [0.2, 0.25) is 5.13 Å². The van der Waals surface area contributed by atoms with Crippen LogP contribution < -0.4 is 14.8 Å². The summed E-state index contributed by atoms with van der Waals surface area (Å²) in [6.07, 6.45) is 2.81. The molecule has 0 aliphatic carbocycles. The Bertz CT molecular complexity index is 1310. The molecule has 3 heterocycles. The summed E-state index contributed by atoms with van der Waals surface area (Å²) in [6, 6.07) is 13.7. The van der Waals surface area contributed by atoms with Crippen LogP contribution in [-0.4, -0.2) is 40.7 Å². The van der Waals surface area contributed by atoms with Gasteiger partial charge in [0, 0.05) is 23.5 Å². The Morgan fingerprint density at radius 1 is 1.15 bits per heavy atom. The van der Waals surface area contributed by atoms with Gasteiger partial charge in [0.15, 0.2) is 5.82 Å². The van der Waals surface area contributed by atoms with Gasteiger partial charge in [-0.05, 0) is 56.0 Å². The highest BCUT2D eigenvalue weighted by Crippen LogP contribution is 2.39. The summed E-state index contributed by atoms with van der Waals surface area (Å²) < 4.78 is 23.6. The predicted molar refractivity (Wildman–Crippen MR) is 132 cm³/mol. The maximum absolute atomic E-state index is 13.4. The van der Waals surface area contributed by atoms with Crippen molar-refractivity contribution in [1.29, 1.82) is 0 Å². The number of ether oxygens (including phenoxy) is 3. The lowest BCUT2D eigenvalue weighted by Crippen LogP contribution is -2.24. The molecule has 0 spiro atoms. The SMILES string of the molecule is COc1cc(C)cc(OC)c1-c1nsc(NC(=O)c2cc3ccccc3n2C2CCCCO2)n1. The van der Waals surface area contributed by atoms with Crippen molar-refractivity contribution < 1.29 is 19.0 Å². The number of rotatable bonds is 6. The quantitative estimate of drug-likeness (QED) is 0.397. The first kappa shape index (κ1) is 22.4. The van der Waals surface area contributed by atoms with Gasteiger partial charge in [-0.15, -0.1) is 0 Å². The summed E-state index contributed by atoms with van der Waals surface area (Å²) in [5, 5.41) is 4.31. The first-order valence-electron chi connectivity index (χ1n) is 11.2. The summed E-state index contributed by atoms with van der Waals surface area (Å²) in [5.41, 5.74) is 3.16. The van der Waals surface area contributed by atoms with Crippen molar-refractivity contribution in [2.24, 2.45) is 0 Å². The summed E-state index contributed by atoms with van der Waals surface area (Å²) in [6.45, 7) is 2.66. The van der Waals surface area contributed by atoms with E-state index in [0.29, 0.717) is 40.3 Å². The van der Waals surface area contributed by atoms with Crippen LogP contribution in [0.5, 0.6) is 11.5 Å². The second-order valence-electron chi connectivity index (χ2n) is 8.20. The van der Waals surface area contributed by atoms with E-state index in [-0.39, 0.29) is 12.1 Å². The number of benzene rings is 2. The molecule has 0 saturated carbocycles. The van der Waals surface area contributed by atoms with Gasteiger partial charge in [-0.25, -0.2) is 0 Å². The zero-order chi connectivity index (χ0) is 23.7. The zero-order valence-corrected chi connectivity index (χ0v) is 20.1. The van der Waals surface area contributed by atoms with Crippen LogP contribution in [0.1, 0.15) is 41.5 Å². The minimum Gasteiger partial charge on any atom is -0.496 e. The number of para-hydroxylation sites is 1. The lowest BCUT2D eigenvalue weighted by Gasteiger charge is -2.26. The molecule has 2 aromatic carbocycles. The Balaban J connectivity index is 1.47. The molecule has 5 rings (SSSR count). The molecule has 9 heteroatoms. The normalized spacial score (nSPS) is 15.9. The van der Waals surface area contributed by atoms with Crippen LogP contribution in [0.2, 0.25) is 0 Å². The van der Waals surface area contributed by atoms with Crippen LogP contribution in [0.4, 0.5) is 5.13 Å². The Morgan fingerprint density at radius 2 is 1.91 bits per heavy atom. The molecule has 0 radical (unpaired) electrons. The highest BCUT2D eigenvalue weighted by Gasteiger charge is 2.25. The molecule has 1 aliphatic heterocycles. The molecule has 176 valence electrons. The fourth-order valence-corrected chi connectivity index (χ4v) is 4.96. The van der Waals surface area contributed by atoms with Gasteiger partial charge in [-0.2, -0.15) is 9.36 Å². The van der Waals surface area contributed by atoms with Crippen LogP contribution in [0.3, 0.4) is 0 Å². The first-order valence-corrected chi connectivity index (χ1v) is 12.0. The number of aryl methyl sites for hydroxylation is 1. The van der Waals surface area contributed by atoms with Gasteiger partial charge in [-0.3, -0.25) is 10.1 Å². The lowest BCUT2D eigenvalue weighted by atomic mass is 10.1. The third-order valence-corrected chi connectivity index (χ3v) is 6.58. The van der Waals surface area contributed by atoms with Gasteiger partial charge in [0.25, 0.3) is 5.91 Å². The molecule has 1 atom stereocenters. The molecule has 1 N–H and O–H groups in total. The van der Waals surface area contributed by atoms with Crippen LogP contribution in [-0.2, 0) is 4.74 Å². The first-order chi connectivity index (χ1) is 16.6. The van der Waals surface area contributed by atoms with E-state index >= 15 is 0 Å². The second-order valence-corrected chi connectivity index (χ2v) is 8.95. The van der Waals surface area contributed by atoms with Crippen LogP contribution in [0.25, 0.3) is 22.3 Å². The van der Waals surface area contributed by atoms with Crippen molar-refractivity contribution in [3.05, 3.63) is 53.7 Å². The monoisotopic (exact) mass is 478 g/mol. The lowest BCUT2D eigenvalue weighted by molar-refractivity contribution is -0.0301. The van der Waals surface area contributed by atoms with Crippen LogP contribution in [0.15, 0.2) is 42.5 Å². The van der Waals surface area contributed by atoms with E-state index < -0.39 is 0 Å². The molecule has 1 amide bonds. The van der Waals surface area contributed by atoms with Crippen LogP contribution >= 0.6 is 11.5 Å². The molecular formula is C25H26N4O4S. The number of hydrogen-bond donors (Lipinski definition) is 1. The van der Waals surface area contributed by atoms with E-state index in [4.69, 9.17) is 14.2 Å². The Morgan fingerprint density at radius 3 is 2.62 bits per heavy atom. The Kier molecular flexibility index (Phi) is 6.21. The van der Waals surface area contributed by atoms with Crippen LogP contribution in [0, 0.1) is 6.92 Å². The Labute approximate surface area is 201 Å². The van der Waals surface area contributed by atoms with Crippen molar-refractivity contribution in [2.45, 2.75) is 32.4 Å². The fourth-order valence-electron chi connectivity index (χ4n) is 4.39. The maximum Gasteiger partial charge on any atom is 0.274 e. The van der Waals surface area contributed by atoms with E-state index in [1.807, 2.05) is 54.0 Å². The number of anilines is 1. The van der Waals surface area contributed by atoms with Crippen molar-refractivity contribution in [2.75, 3.05) is 26.1 Å². The smallest absolute Gasteiger partial charge is 0.274 e. The Hall–Kier alpha value is -3.43.